The van der Waals surface area contributed by atoms with Crippen LogP contribution in [0.2, 0.25) is 0 Å². The van der Waals surface area contributed by atoms with Crippen molar-refractivity contribution in [2.75, 3.05) is 5.73 Å². The van der Waals surface area contributed by atoms with Crippen molar-refractivity contribution in [3.05, 3.63) is 46.8 Å². The molecule has 1 aromatic carbocycles. The second kappa shape index (κ2) is 7.06. The summed E-state index contributed by atoms with van der Waals surface area (Å²) in [5.41, 5.74) is 12.3. The van der Waals surface area contributed by atoms with Crippen molar-refractivity contribution >= 4 is 17.5 Å². The van der Waals surface area contributed by atoms with Crippen molar-refractivity contribution in [2.24, 2.45) is 10.9 Å². The third-order valence-electron chi connectivity index (χ3n) is 3.81. The van der Waals surface area contributed by atoms with E-state index in [0.717, 1.165) is 10.7 Å². The topological polar surface area (TPSA) is 109 Å². The van der Waals surface area contributed by atoms with Crippen LogP contribution in [0.4, 0.5) is 18.9 Å². The predicted octanol–water partition coefficient (Wildman–Crippen LogP) is 2.53. The number of hydrogen-bond donors (Lipinski definition) is 2. The molecular formula is C16H18F3N5O2. The van der Waals surface area contributed by atoms with Crippen molar-refractivity contribution in [1.82, 2.24) is 9.78 Å². The van der Waals surface area contributed by atoms with E-state index in [1.807, 2.05) is 0 Å². The Morgan fingerprint density at radius 3 is 2.58 bits per heavy atom. The number of benzene rings is 1. The summed E-state index contributed by atoms with van der Waals surface area (Å²) in [7, 11) is 0. The summed E-state index contributed by atoms with van der Waals surface area (Å²) in [6.07, 6.45) is -4.60. The number of nitrogen functional groups attached to an aromatic ring is 1. The van der Waals surface area contributed by atoms with Gasteiger partial charge in [-0.25, -0.2) is 4.79 Å². The Balaban J connectivity index is 2.17. The van der Waals surface area contributed by atoms with E-state index in [1.54, 1.807) is 25.1 Å². The molecule has 1 atom stereocenters. The molecule has 10 heteroatoms. The summed E-state index contributed by atoms with van der Waals surface area (Å²) in [4.78, 5) is 16.9. The quantitative estimate of drug-likeness (QED) is 0.283. The number of hydrogen-bond acceptors (Lipinski definition) is 5. The molecule has 0 aliphatic rings. The Morgan fingerprint density at radius 1 is 1.35 bits per heavy atom. The number of carbonyl (C=O) groups is 1. The van der Waals surface area contributed by atoms with Gasteiger partial charge in [-0.3, -0.25) is 4.68 Å². The number of alkyl halides is 3. The van der Waals surface area contributed by atoms with Crippen LogP contribution in [-0.2, 0) is 15.8 Å². The predicted molar refractivity (Wildman–Crippen MR) is 89.1 cm³/mol. The lowest BCUT2D eigenvalue weighted by Gasteiger charge is -2.12. The molecular weight excluding hydrogens is 351 g/mol. The lowest BCUT2D eigenvalue weighted by molar-refractivity contribution is -0.148. The molecule has 0 saturated carbocycles. The molecule has 0 amide bonds. The number of halogens is 3. The molecule has 0 bridgehead atoms. The summed E-state index contributed by atoms with van der Waals surface area (Å²) >= 11 is 0. The molecule has 0 aliphatic heterocycles. The summed E-state index contributed by atoms with van der Waals surface area (Å²) < 4.78 is 39.1. The van der Waals surface area contributed by atoms with E-state index in [2.05, 4.69) is 10.3 Å². The van der Waals surface area contributed by atoms with E-state index in [9.17, 15) is 18.0 Å². The zero-order chi connectivity index (χ0) is 19.6. The number of aromatic nitrogens is 2. The zero-order valence-electron chi connectivity index (χ0n) is 14.3. The smallest absolute Gasteiger partial charge is 0.398 e. The van der Waals surface area contributed by atoms with Crippen molar-refractivity contribution in [3.63, 3.8) is 0 Å². The minimum absolute atomic E-state index is 0.0801. The molecule has 2 rings (SSSR count). The summed E-state index contributed by atoms with van der Waals surface area (Å²) in [5.74, 6) is -0.988. The van der Waals surface area contributed by atoms with Gasteiger partial charge in [0.15, 0.2) is 11.5 Å². The second-order valence-corrected chi connectivity index (χ2v) is 5.70. The van der Waals surface area contributed by atoms with Crippen LogP contribution in [0, 0.1) is 13.8 Å². The molecule has 0 spiro atoms. The van der Waals surface area contributed by atoms with Gasteiger partial charge in [-0.15, -0.1) is 0 Å². The van der Waals surface area contributed by atoms with Crippen LogP contribution < -0.4 is 11.5 Å². The van der Waals surface area contributed by atoms with E-state index in [-0.39, 0.29) is 11.5 Å². The number of aryl methyl sites for hydroxylation is 1. The van der Waals surface area contributed by atoms with Crippen LogP contribution in [0.5, 0.6) is 0 Å². The van der Waals surface area contributed by atoms with Crippen molar-refractivity contribution in [1.29, 1.82) is 0 Å². The Hall–Kier alpha value is -3.04. The highest BCUT2D eigenvalue weighted by molar-refractivity contribution is 5.99. The first kappa shape index (κ1) is 19.3. The lowest BCUT2D eigenvalue weighted by Crippen LogP contribution is -2.22. The summed E-state index contributed by atoms with van der Waals surface area (Å²) in [6.45, 7) is 4.48. The Labute approximate surface area is 147 Å². The first-order chi connectivity index (χ1) is 12.0. The number of rotatable bonds is 4. The molecule has 140 valence electrons. The van der Waals surface area contributed by atoms with Gasteiger partial charge >= 0.3 is 12.1 Å². The SMILES string of the molecule is Cc1c(N)cccc1/C(N)=N/OC(=O)C(C)n1nc(C(F)(F)F)cc1C. The van der Waals surface area contributed by atoms with Gasteiger partial charge in [0.25, 0.3) is 0 Å². The molecule has 4 N–H and O–H groups in total. The minimum atomic E-state index is -4.60. The largest absolute Gasteiger partial charge is 0.435 e. The van der Waals surface area contributed by atoms with E-state index in [0.29, 0.717) is 16.8 Å². The first-order valence-corrected chi connectivity index (χ1v) is 7.55. The normalized spacial score (nSPS) is 13.5. The van der Waals surface area contributed by atoms with Crippen molar-refractivity contribution in [2.45, 2.75) is 33.0 Å². The molecule has 2 aromatic rings. The molecule has 0 saturated heterocycles. The summed E-state index contributed by atoms with van der Waals surface area (Å²) in [6, 6.07) is 4.71. The van der Waals surface area contributed by atoms with Gasteiger partial charge in [0, 0.05) is 16.9 Å². The van der Waals surface area contributed by atoms with Gasteiger partial charge in [0.05, 0.1) is 0 Å². The fourth-order valence-electron chi connectivity index (χ4n) is 2.27. The highest BCUT2D eigenvalue weighted by Crippen LogP contribution is 2.29. The monoisotopic (exact) mass is 369 g/mol. The van der Waals surface area contributed by atoms with Crippen molar-refractivity contribution in [3.8, 4) is 0 Å². The molecule has 1 aromatic heterocycles. The number of nitrogens with two attached hydrogens (primary N) is 2. The maximum atomic E-state index is 12.7. The van der Waals surface area contributed by atoms with Crippen LogP contribution in [0.3, 0.4) is 0 Å². The van der Waals surface area contributed by atoms with Crippen LogP contribution in [0.25, 0.3) is 0 Å². The fraction of sp³-hybridized carbons (Fsp3) is 0.312. The fourth-order valence-corrected chi connectivity index (χ4v) is 2.27. The maximum absolute atomic E-state index is 12.7. The number of oxime groups is 1. The number of amidine groups is 1. The minimum Gasteiger partial charge on any atom is -0.398 e. The Kier molecular flexibility index (Phi) is 5.24. The van der Waals surface area contributed by atoms with Crippen LogP contribution in [-0.4, -0.2) is 21.6 Å². The van der Waals surface area contributed by atoms with E-state index in [4.69, 9.17) is 16.3 Å². The highest BCUT2D eigenvalue weighted by Gasteiger charge is 2.35. The first-order valence-electron chi connectivity index (χ1n) is 7.55. The van der Waals surface area contributed by atoms with Gasteiger partial charge in [-0.2, -0.15) is 18.3 Å². The summed E-state index contributed by atoms with van der Waals surface area (Å²) in [5, 5.41) is 6.96. The lowest BCUT2D eigenvalue weighted by atomic mass is 10.1. The molecule has 0 radical (unpaired) electrons. The van der Waals surface area contributed by atoms with Gasteiger partial charge in [-0.1, -0.05) is 17.3 Å². The van der Waals surface area contributed by atoms with Gasteiger partial charge < -0.3 is 16.3 Å². The molecule has 0 fully saturated rings. The van der Waals surface area contributed by atoms with E-state index >= 15 is 0 Å². The highest BCUT2D eigenvalue weighted by atomic mass is 19.4. The third kappa shape index (κ3) is 3.95. The van der Waals surface area contributed by atoms with Gasteiger partial charge in [0.2, 0.25) is 0 Å². The number of carbonyl (C=O) groups excluding carboxylic acids is 1. The van der Waals surface area contributed by atoms with E-state index in [1.165, 1.54) is 13.8 Å². The number of anilines is 1. The van der Waals surface area contributed by atoms with Crippen LogP contribution in [0.1, 0.15) is 35.5 Å². The van der Waals surface area contributed by atoms with E-state index < -0.39 is 23.9 Å². The Morgan fingerprint density at radius 2 is 2.00 bits per heavy atom. The maximum Gasteiger partial charge on any atom is 0.435 e. The average Bonchev–Trinajstić information content (AvgIpc) is 2.96. The molecule has 0 aliphatic carbocycles. The van der Waals surface area contributed by atoms with Crippen LogP contribution >= 0.6 is 0 Å². The Bertz CT molecular complexity index is 858. The second-order valence-electron chi connectivity index (χ2n) is 5.70. The van der Waals surface area contributed by atoms with Crippen LogP contribution in [0.15, 0.2) is 29.4 Å². The zero-order valence-corrected chi connectivity index (χ0v) is 14.3. The molecule has 7 nitrogen and oxygen atoms in total. The molecule has 1 heterocycles. The third-order valence-corrected chi connectivity index (χ3v) is 3.81. The van der Waals surface area contributed by atoms with Crippen molar-refractivity contribution < 1.29 is 22.8 Å². The molecule has 26 heavy (non-hydrogen) atoms. The average molecular weight is 369 g/mol. The number of nitrogens with zero attached hydrogens (tertiary/aromatic N) is 3. The molecule has 1 unspecified atom stereocenters. The standard InChI is InChI=1S/C16H18F3N5O2/c1-8-7-13(16(17,18)19)22-24(8)10(3)15(25)26-23-14(21)11-5-4-6-12(20)9(11)2/h4-7,10H,20H2,1-3H3,(H2,21,23). The van der Waals surface area contributed by atoms with Gasteiger partial charge in [0.1, 0.15) is 6.04 Å². The van der Waals surface area contributed by atoms with Gasteiger partial charge in [-0.05, 0) is 38.5 Å².